The fourth-order valence-electron chi connectivity index (χ4n) is 3.22. The molecule has 2 aliphatic heterocycles. The van der Waals surface area contributed by atoms with E-state index in [0.29, 0.717) is 34.6 Å². The summed E-state index contributed by atoms with van der Waals surface area (Å²) in [6, 6.07) is -0.894. The number of β-lactam (4-membered cyclic amide) rings is 1. The summed E-state index contributed by atoms with van der Waals surface area (Å²) in [5, 5.41) is 25.4. The Morgan fingerprint density at radius 3 is 2.91 bits per heavy atom. The molecular weight excluding hydrogens is 492 g/mol. The third-order valence-corrected chi connectivity index (χ3v) is 7.56. The Labute approximate surface area is 199 Å². The lowest BCUT2D eigenvalue weighted by atomic mass is 10.0. The van der Waals surface area contributed by atoms with Gasteiger partial charge in [0.2, 0.25) is 5.89 Å². The van der Waals surface area contributed by atoms with E-state index >= 15 is 0 Å². The predicted octanol–water partition coefficient (Wildman–Crippen LogP) is 0.970. The number of aryl methyl sites for hydroxylation is 1. The molecule has 2 amide bonds. The number of carbonyl (C=O) groups excluding carboxylic acids is 2. The third kappa shape index (κ3) is 4.60. The van der Waals surface area contributed by atoms with Crippen molar-refractivity contribution < 1.29 is 28.7 Å². The molecule has 2 aliphatic rings. The lowest BCUT2D eigenvalue weighted by Gasteiger charge is -2.49. The van der Waals surface area contributed by atoms with Crippen molar-refractivity contribution in [2.75, 3.05) is 18.6 Å². The van der Waals surface area contributed by atoms with Crippen molar-refractivity contribution in [2.45, 2.75) is 30.0 Å². The van der Waals surface area contributed by atoms with Crippen LogP contribution < -0.4 is 5.32 Å². The van der Waals surface area contributed by atoms with Gasteiger partial charge in [-0.15, -0.1) is 33.3 Å². The highest BCUT2D eigenvalue weighted by atomic mass is 32.2. The first-order valence-electron chi connectivity index (χ1n) is 9.60. The molecule has 174 valence electrons. The summed E-state index contributed by atoms with van der Waals surface area (Å²) in [6.07, 6.45) is 0.600. The molecule has 0 aliphatic carbocycles. The van der Waals surface area contributed by atoms with E-state index in [-0.39, 0.29) is 17.2 Å². The molecule has 2 N–H and O–H groups in total. The Hall–Kier alpha value is -2.91. The molecule has 0 aromatic carbocycles. The maximum atomic E-state index is 12.8. The van der Waals surface area contributed by atoms with Crippen molar-refractivity contribution in [1.29, 1.82) is 0 Å². The predicted molar refractivity (Wildman–Crippen MR) is 120 cm³/mol. The van der Waals surface area contributed by atoms with Gasteiger partial charge in [0.15, 0.2) is 5.71 Å². The second-order valence-electron chi connectivity index (χ2n) is 6.72. The molecule has 0 spiro atoms. The number of thioether (sulfide) groups is 2. The summed E-state index contributed by atoms with van der Waals surface area (Å²) in [5.41, 5.74) is 2.27. The molecule has 4 heterocycles. The molecule has 1 unspecified atom stereocenters. The molecular formula is C18H18N6O6S3. The average Bonchev–Trinajstić information content (AvgIpc) is 3.50. The lowest BCUT2D eigenvalue weighted by molar-refractivity contribution is -0.150. The van der Waals surface area contributed by atoms with E-state index in [1.54, 1.807) is 10.9 Å². The molecule has 1 fully saturated rings. The van der Waals surface area contributed by atoms with E-state index in [1.165, 1.54) is 46.9 Å². The van der Waals surface area contributed by atoms with Crippen LogP contribution in [0.1, 0.15) is 18.5 Å². The highest BCUT2D eigenvalue weighted by molar-refractivity contribution is 8.01. The smallest absolute Gasteiger partial charge is 0.352 e. The molecule has 33 heavy (non-hydrogen) atoms. The fraction of sp³-hybridized carbons (Fsp3) is 0.389. The van der Waals surface area contributed by atoms with Crippen LogP contribution in [-0.2, 0) is 25.6 Å². The van der Waals surface area contributed by atoms with Crippen LogP contribution in [0.5, 0.6) is 0 Å². The number of hydrogen-bond acceptors (Lipinski definition) is 12. The Morgan fingerprint density at radius 2 is 2.27 bits per heavy atom. The zero-order chi connectivity index (χ0) is 23.5. The number of aromatic nitrogens is 3. The van der Waals surface area contributed by atoms with E-state index in [4.69, 9.17) is 9.25 Å². The first-order chi connectivity index (χ1) is 15.9. The summed E-state index contributed by atoms with van der Waals surface area (Å²) in [4.78, 5) is 47.6. The lowest BCUT2D eigenvalue weighted by Crippen LogP contribution is -2.71. The molecule has 12 nitrogen and oxygen atoms in total. The van der Waals surface area contributed by atoms with Crippen molar-refractivity contribution in [3.8, 4) is 0 Å². The van der Waals surface area contributed by atoms with Crippen LogP contribution in [0, 0.1) is 0 Å². The number of carboxylic acid groups (broad SMARTS) is 1. The van der Waals surface area contributed by atoms with Crippen molar-refractivity contribution in [3.63, 3.8) is 0 Å². The van der Waals surface area contributed by atoms with Gasteiger partial charge in [-0.2, -0.15) is 0 Å². The Balaban J connectivity index is 1.47. The zero-order valence-electron chi connectivity index (χ0n) is 17.4. The van der Waals surface area contributed by atoms with Gasteiger partial charge in [0.1, 0.15) is 29.9 Å². The highest BCUT2D eigenvalue weighted by Crippen LogP contribution is 2.41. The number of rotatable bonds is 9. The van der Waals surface area contributed by atoms with Crippen LogP contribution in [0.4, 0.5) is 0 Å². The highest BCUT2D eigenvalue weighted by Gasteiger charge is 2.54. The van der Waals surface area contributed by atoms with Crippen molar-refractivity contribution in [2.24, 2.45) is 5.16 Å². The van der Waals surface area contributed by atoms with Crippen LogP contribution in [0.3, 0.4) is 0 Å². The second kappa shape index (κ2) is 9.93. The molecule has 2 aromatic heterocycles. The fourth-order valence-corrected chi connectivity index (χ4v) is 6.02. The number of carboxylic acids is 1. The van der Waals surface area contributed by atoms with Crippen LogP contribution in [0.2, 0.25) is 0 Å². The minimum absolute atomic E-state index is 0.0668. The van der Waals surface area contributed by atoms with Crippen LogP contribution in [0.25, 0.3) is 0 Å². The molecule has 2 aromatic rings. The Morgan fingerprint density at radius 1 is 1.45 bits per heavy atom. The number of nitrogens with zero attached hydrogens (tertiary/aromatic N) is 5. The maximum absolute atomic E-state index is 12.8. The normalized spacial score (nSPS) is 20.4. The first-order valence-corrected chi connectivity index (χ1v) is 12.6. The van der Waals surface area contributed by atoms with E-state index in [0.717, 1.165) is 0 Å². The minimum Gasteiger partial charge on any atom is -0.477 e. The Bertz CT molecular complexity index is 1130. The minimum atomic E-state index is -1.21. The van der Waals surface area contributed by atoms with Crippen LogP contribution >= 0.6 is 34.9 Å². The van der Waals surface area contributed by atoms with Crippen molar-refractivity contribution >= 4 is 58.4 Å². The van der Waals surface area contributed by atoms with Crippen molar-refractivity contribution in [3.05, 3.63) is 33.7 Å². The number of aliphatic carboxylic acids is 1. The monoisotopic (exact) mass is 510 g/mol. The maximum Gasteiger partial charge on any atom is 0.352 e. The van der Waals surface area contributed by atoms with Gasteiger partial charge >= 0.3 is 5.97 Å². The summed E-state index contributed by atoms with van der Waals surface area (Å²) in [5.74, 6) is -1.21. The summed E-state index contributed by atoms with van der Waals surface area (Å²) >= 11 is 3.86. The molecule has 0 saturated carbocycles. The van der Waals surface area contributed by atoms with Gasteiger partial charge in [0, 0.05) is 23.3 Å². The Kier molecular flexibility index (Phi) is 6.99. The van der Waals surface area contributed by atoms with Crippen LogP contribution in [-0.4, -0.2) is 78.7 Å². The molecule has 4 rings (SSSR count). The number of nitrogens with one attached hydrogen (secondary N) is 1. The number of hydrogen-bond donors (Lipinski definition) is 2. The van der Waals surface area contributed by atoms with E-state index in [2.05, 4.69) is 25.7 Å². The summed E-state index contributed by atoms with van der Waals surface area (Å²) in [7, 11) is 1.30. The number of oxime groups is 1. The standard InChI is InChI=1S/C18H18N6O6S3/c1-3-10-21-22-18(30-10)33-5-8-4-32-16-12(15(26)24(16)13(8)17(27)28)20-14(25)11(23-29-2)9-6-31-7-19-9/h6-7,12,16H,3-5H2,1-2H3,(H,20,25)(H,27,28)/b23-11+/t12?,16-/m1/s1. The number of fused-ring (bicyclic) bond motifs is 1. The molecule has 15 heteroatoms. The average molecular weight is 511 g/mol. The van der Waals surface area contributed by atoms with Crippen molar-refractivity contribution in [1.82, 2.24) is 25.4 Å². The summed E-state index contributed by atoms with van der Waals surface area (Å²) < 4.78 is 5.45. The first kappa shape index (κ1) is 23.3. The van der Waals surface area contributed by atoms with Gasteiger partial charge in [0.25, 0.3) is 17.0 Å². The van der Waals surface area contributed by atoms with Gasteiger partial charge < -0.3 is 19.7 Å². The van der Waals surface area contributed by atoms with E-state index in [9.17, 15) is 19.5 Å². The van der Waals surface area contributed by atoms with Gasteiger partial charge in [-0.1, -0.05) is 23.8 Å². The van der Waals surface area contributed by atoms with E-state index < -0.39 is 29.2 Å². The molecule has 0 bridgehead atoms. The molecule has 0 radical (unpaired) electrons. The van der Waals surface area contributed by atoms with Crippen LogP contribution in [0.15, 0.2) is 37.0 Å². The van der Waals surface area contributed by atoms with Gasteiger partial charge in [-0.05, 0) is 5.57 Å². The quantitative estimate of drug-likeness (QED) is 0.214. The largest absolute Gasteiger partial charge is 0.477 e. The zero-order valence-corrected chi connectivity index (χ0v) is 19.8. The topological polar surface area (TPSA) is 160 Å². The van der Waals surface area contributed by atoms with Gasteiger partial charge in [-0.25, -0.2) is 9.78 Å². The van der Waals surface area contributed by atoms with Gasteiger partial charge in [-0.3, -0.25) is 14.5 Å². The van der Waals surface area contributed by atoms with Gasteiger partial charge in [0.05, 0.1) is 5.51 Å². The number of amides is 2. The number of carbonyl (C=O) groups is 3. The summed E-state index contributed by atoms with van der Waals surface area (Å²) in [6.45, 7) is 1.89. The molecule has 1 saturated heterocycles. The van der Waals surface area contributed by atoms with E-state index in [1.807, 2.05) is 6.92 Å². The molecule has 2 atom stereocenters. The third-order valence-electron chi connectivity index (χ3n) is 4.73. The number of thiazole rings is 1. The second-order valence-corrected chi connectivity index (χ2v) is 9.47. The SMILES string of the molecule is CCc1nnc(SCC2=C(C(=O)O)N3C(=O)C(NC(=O)/C(=N/OC)c4cscn4)[C@H]3SC2)o1.